The topological polar surface area (TPSA) is 108 Å². The molecule has 3 N–H and O–H groups in total. The lowest BCUT2D eigenvalue weighted by molar-refractivity contribution is -0.123. The number of anilines is 1. The van der Waals surface area contributed by atoms with E-state index in [0.717, 1.165) is 0 Å². The molecular weight excluding hydrogens is 360 g/mol. The molecule has 0 unspecified atom stereocenters. The molecule has 2 aromatic carbocycles. The highest BCUT2D eigenvalue weighted by molar-refractivity contribution is 6.30. The number of amides is 2. The van der Waals surface area contributed by atoms with Gasteiger partial charge in [-0.3, -0.25) is 9.59 Å². The second-order valence-corrected chi connectivity index (χ2v) is 5.76. The zero-order chi connectivity index (χ0) is 19.1. The molecule has 2 aromatic rings. The molecule has 0 fully saturated rings. The average molecular weight is 377 g/mol. The minimum absolute atomic E-state index is 0.235. The monoisotopic (exact) mass is 376 g/mol. The summed E-state index contributed by atoms with van der Waals surface area (Å²) in [7, 11) is 0. The summed E-state index contributed by atoms with van der Waals surface area (Å²) < 4.78 is 10.2. The van der Waals surface area contributed by atoms with Crippen LogP contribution in [0.3, 0.4) is 0 Å². The van der Waals surface area contributed by atoms with Crippen molar-refractivity contribution in [1.29, 1.82) is 0 Å². The first-order valence-corrected chi connectivity index (χ1v) is 8.01. The molecule has 0 spiro atoms. The summed E-state index contributed by atoms with van der Waals surface area (Å²) in [5, 5.41) is 3.09. The molecule has 7 nitrogen and oxygen atoms in total. The average Bonchev–Trinajstić information content (AvgIpc) is 2.60. The Balaban J connectivity index is 1.91. The Labute approximate surface area is 155 Å². The van der Waals surface area contributed by atoms with Gasteiger partial charge in [-0.15, -0.1) is 0 Å². The fourth-order valence-electron chi connectivity index (χ4n) is 1.93. The van der Waals surface area contributed by atoms with Crippen LogP contribution in [0, 0.1) is 0 Å². The Morgan fingerprint density at radius 2 is 1.85 bits per heavy atom. The molecule has 0 aliphatic rings. The highest BCUT2D eigenvalue weighted by Crippen LogP contribution is 2.16. The molecule has 0 radical (unpaired) electrons. The molecule has 2 rings (SSSR count). The molecule has 0 saturated carbocycles. The lowest BCUT2D eigenvalue weighted by Crippen LogP contribution is -2.30. The highest BCUT2D eigenvalue weighted by atomic mass is 35.5. The number of halogens is 1. The Morgan fingerprint density at radius 3 is 2.46 bits per heavy atom. The molecule has 0 aliphatic carbocycles. The van der Waals surface area contributed by atoms with E-state index in [4.69, 9.17) is 26.8 Å². The van der Waals surface area contributed by atoms with Crippen molar-refractivity contribution in [2.24, 2.45) is 5.73 Å². The van der Waals surface area contributed by atoms with Crippen molar-refractivity contribution in [2.75, 3.05) is 11.9 Å². The van der Waals surface area contributed by atoms with Gasteiger partial charge < -0.3 is 20.5 Å². The summed E-state index contributed by atoms with van der Waals surface area (Å²) in [6.07, 6.45) is -1.01. The van der Waals surface area contributed by atoms with Crippen LogP contribution in [0.15, 0.2) is 48.5 Å². The summed E-state index contributed by atoms with van der Waals surface area (Å²) in [6, 6.07) is 12.5. The van der Waals surface area contributed by atoms with Crippen LogP contribution in [0.1, 0.15) is 17.3 Å². The molecule has 26 heavy (non-hydrogen) atoms. The molecule has 0 aliphatic heterocycles. The van der Waals surface area contributed by atoms with Crippen LogP contribution in [0.5, 0.6) is 5.75 Å². The maximum absolute atomic E-state index is 12.1. The van der Waals surface area contributed by atoms with E-state index in [9.17, 15) is 14.4 Å². The van der Waals surface area contributed by atoms with Gasteiger partial charge >= 0.3 is 5.97 Å². The normalized spacial score (nSPS) is 11.3. The van der Waals surface area contributed by atoms with Crippen molar-refractivity contribution >= 4 is 35.1 Å². The first kappa shape index (κ1) is 19.3. The van der Waals surface area contributed by atoms with Gasteiger partial charge in [0.15, 0.2) is 12.7 Å². The number of hydrogen-bond donors (Lipinski definition) is 2. The van der Waals surface area contributed by atoms with Crippen LogP contribution in [-0.4, -0.2) is 30.5 Å². The first-order valence-electron chi connectivity index (χ1n) is 7.63. The number of rotatable bonds is 7. The van der Waals surface area contributed by atoms with Crippen LogP contribution in [0.4, 0.5) is 5.69 Å². The molecule has 0 saturated heterocycles. The second kappa shape index (κ2) is 8.87. The molecule has 136 valence electrons. The van der Waals surface area contributed by atoms with Gasteiger partial charge in [-0.25, -0.2) is 4.79 Å². The number of primary amides is 1. The summed E-state index contributed by atoms with van der Waals surface area (Å²) in [5.41, 5.74) is 5.72. The molecule has 0 aromatic heterocycles. The predicted octanol–water partition coefficient (Wildman–Crippen LogP) is 2.39. The Hall–Kier alpha value is -3.06. The van der Waals surface area contributed by atoms with E-state index in [1.807, 2.05) is 0 Å². The first-order chi connectivity index (χ1) is 12.3. The maximum Gasteiger partial charge on any atom is 0.338 e. The van der Waals surface area contributed by atoms with Crippen molar-refractivity contribution in [2.45, 2.75) is 13.0 Å². The Bertz CT molecular complexity index is 807. The number of benzene rings is 2. The SMILES string of the molecule is C[C@H](OC(=O)c1ccc(OCC(N)=O)cc1)C(=O)Nc1cccc(Cl)c1. The minimum Gasteiger partial charge on any atom is -0.484 e. The van der Waals surface area contributed by atoms with Crippen LogP contribution in [-0.2, 0) is 14.3 Å². The third-order valence-corrected chi connectivity index (χ3v) is 3.45. The van der Waals surface area contributed by atoms with Gasteiger partial charge in [0.25, 0.3) is 11.8 Å². The van der Waals surface area contributed by atoms with Crippen LogP contribution >= 0.6 is 11.6 Å². The van der Waals surface area contributed by atoms with Crippen molar-refractivity contribution in [3.05, 3.63) is 59.1 Å². The Kier molecular flexibility index (Phi) is 6.57. The van der Waals surface area contributed by atoms with Crippen molar-refractivity contribution in [3.8, 4) is 5.75 Å². The third-order valence-electron chi connectivity index (χ3n) is 3.22. The van der Waals surface area contributed by atoms with Gasteiger partial charge in [-0.1, -0.05) is 17.7 Å². The lowest BCUT2D eigenvalue weighted by Gasteiger charge is -2.14. The molecule has 1 atom stereocenters. The van der Waals surface area contributed by atoms with Gasteiger partial charge in [0.1, 0.15) is 5.75 Å². The smallest absolute Gasteiger partial charge is 0.338 e. The predicted molar refractivity (Wildman–Crippen MR) is 96.1 cm³/mol. The zero-order valence-electron chi connectivity index (χ0n) is 13.9. The summed E-state index contributed by atoms with van der Waals surface area (Å²) in [4.78, 5) is 34.9. The van der Waals surface area contributed by atoms with Crippen molar-refractivity contribution in [1.82, 2.24) is 0 Å². The zero-order valence-corrected chi connectivity index (χ0v) is 14.7. The third kappa shape index (κ3) is 5.78. The second-order valence-electron chi connectivity index (χ2n) is 5.33. The van der Waals surface area contributed by atoms with E-state index in [1.165, 1.54) is 31.2 Å². The molecule has 0 bridgehead atoms. The number of nitrogens with one attached hydrogen (secondary N) is 1. The lowest BCUT2D eigenvalue weighted by atomic mass is 10.2. The quantitative estimate of drug-likeness (QED) is 0.721. The molecular formula is C18H17ClN2O5. The minimum atomic E-state index is -1.01. The van der Waals surface area contributed by atoms with Gasteiger partial charge in [0.05, 0.1) is 5.56 Å². The number of hydrogen-bond acceptors (Lipinski definition) is 5. The maximum atomic E-state index is 12.1. The van der Waals surface area contributed by atoms with E-state index in [-0.39, 0.29) is 12.2 Å². The molecule has 2 amide bonds. The van der Waals surface area contributed by atoms with E-state index in [1.54, 1.807) is 24.3 Å². The summed E-state index contributed by atoms with van der Waals surface area (Å²) >= 11 is 5.85. The standard InChI is InChI=1S/C18H17ClN2O5/c1-11(17(23)21-14-4-2-3-13(19)9-14)26-18(24)12-5-7-15(8-6-12)25-10-16(20)22/h2-9,11H,10H2,1H3,(H2,20,22)(H,21,23)/t11-/m0/s1. The summed E-state index contributed by atoms with van der Waals surface area (Å²) in [6.45, 7) is 1.20. The van der Waals surface area contributed by atoms with Gasteiger partial charge in [0.2, 0.25) is 0 Å². The van der Waals surface area contributed by atoms with Crippen molar-refractivity contribution in [3.63, 3.8) is 0 Å². The van der Waals surface area contributed by atoms with E-state index in [0.29, 0.717) is 16.5 Å². The van der Waals surface area contributed by atoms with E-state index >= 15 is 0 Å². The van der Waals surface area contributed by atoms with Gasteiger partial charge in [-0.05, 0) is 49.4 Å². The molecule has 8 heteroatoms. The fourth-order valence-corrected chi connectivity index (χ4v) is 2.12. The highest BCUT2D eigenvalue weighted by Gasteiger charge is 2.19. The van der Waals surface area contributed by atoms with Crippen LogP contribution in [0.2, 0.25) is 5.02 Å². The number of nitrogens with two attached hydrogens (primary N) is 1. The number of carbonyl (C=O) groups is 3. The van der Waals surface area contributed by atoms with Crippen molar-refractivity contribution < 1.29 is 23.9 Å². The van der Waals surface area contributed by atoms with Crippen LogP contribution < -0.4 is 15.8 Å². The fraction of sp³-hybridized carbons (Fsp3) is 0.167. The Morgan fingerprint density at radius 1 is 1.15 bits per heavy atom. The number of carbonyl (C=O) groups excluding carboxylic acids is 3. The summed E-state index contributed by atoms with van der Waals surface area (Å²) in [5.74, 6) is -1.37. The van der Waals surface area contributed by atoms with Crippen LogP contribution in [0.25, 0.3) is 0 Å². The van der Waals surface area contributed by atoms with Gasteiger partial charge in [-0.2, -0.15) is 0 Å². The number of esters is 1. The largest absolute Gasteiger partial charge is 0.484 e. The van der Waals surface area contributed by atoms with E-state index < -0.39 is 23.9 Å². The van der Waals surface area contributed by atoms with Gasteiger partial charge in [0, 0.05) is 10.7 Å². The number of ether oxygens (including phenoxy) is 2. The molecule has 0 heterocycles. The van der Waals surface area contributed by atoms with E-state index in [2.05, 4.69) is 5.32 Å².